The number of para-hydroxylation sites is 1. The Hall–Kier alpha value is -3.17. The number of hydrogen-bond acceptors (Lipinski definition) is 6. The van der Waals surface area contributed by atoms with Crippen LogP contribution in [0.3, 0.4) is 0 Å². The zero-order chi connectivity index (χ0) is 22.6. The molecular formula is C22H32N6O3. The molecular weight excluding hydrogens is 396 g/mol. The highest BCUT2D eigenvalue weighted by Gasteiger charge is 2.23. The molecule has 1 aromatic heterocycles. The molecule has 0 unspecified atom stereocenters. The molecule has 1 aromatic carbocycles. The highest BCUT2D eigenvalue weighted by Crippen LogP contribution is 2.20. The fourth-order valence-electron chi connectivity index (χ4n) is 3.27. The number of fused-ring (bicyclic) bond motifs is 1. The van der Waals surface area contributed by atoms with E-state index in [2.05, 4.69) is 15.3 Å². The molecule has 0 radical (unpaired) electrons. The van der Waals surface area contributed by atoms with Gasteiger partial charge in [0, 0.05) is 30.4 Å². The zero-order valence-corrected chi connectivity index (χ0v) is 17.8. The summed E-state index contributed by atoms with van der Waals surface area (Å²) in [6, 6.07) is 6.82. The third kappa shape index (κ3) is 6.94. The van der Waals surface area contributed by atoms with Gasteiger partial charge in [-0.05, 0) is 49.7 Å². The second kappa shape index (κ2) is 12.5. The van der Waals surface area contributed by atoms with E-state index < -0.39 is 12.1 Å². The maximum atomic E-state index is 12.6. The number of carbonyl (C=O) groups excluding carboxylic acids is 2. The predicted molar refractivity (Wildman–Crippen MR) is 123 cm³/mol. The summed E-state index contributed by atoms with van der Waals surface area (Å²) in [5.74, 6) is -0.648. The van der Waals surface area contributed by atoms with Gasteiger partial charge in [0.2, 0.25) is 11.8 Å². The smallest absolute Gasteiger partial charge is 0.245 e. The number of nitrogens with two attached hydrogens (primary N) is 2. The summed E-state index contributed by atoms with van der Waals surface area (Å²) in [5.41, 5.74) is 12.8. The van der Waals surface area contributed by atoms with Gasteiger partial charge in [-0.2, -0.15) is 0 Å². The van der Waals surface area contributed by atoms with Crippen LogP contribution in [0, 0.1) is 0 Å². The van der Waals surface area contributed by atoms with E-state index in [-0.39, 0.29) is 25.0 Å². The molecule has 168 valence electrons. The van der Waals surface area contributed by atoms with Crippen molar-refractivity contribution in [2.75, 3.05) is 26.7 Å². The van der Waals surface area contributed by atoms with Crippen molar-refractivity contribution >= 4 is 28.9 Å². The Morgan fingerprint density at radius 3 is 2.84 bits per heavy atom. The van der Waals surface area contributed by atoms with Gasteiger partial charge in [-0.25, -0.2) is 0 Å². The number of nitrogens with one attached hydrogen (secondary N) is 2. The van der Waals surface area contributed by atoms with E-state index in [9.17, 15) is 14.7 Å². The molecule has 0 saturated heterocycles. The number of benzene rings is 1. The van der Waals surface area contributed by atoms with E-state index in [1.165, 1.54) is 23.4 Å². The quantitative estimate of drug-likeness (QED) is 0.308. The Balaban J connectivity index is 1.96. The van der Waals surface area contributed by atoms with Crippen LogP contribution in [0.25, 0.3) is 10.9 Å². The normalized spacial score (nSPS) is 13.6. The van der Waals surface area contributed by atoms with Gasteiger partial charge in [-0.15, -0.1) is 0 Å². The Bertz CT molecular complexity index is 908. The minimum atomic E-state index is -0.641. The summed E-state index contributed by atoms with van der Waals surface area (Å²) < 4.78 is 0. The number of H-pyrrole nitrogens is 1. The number of aromatic nitrogens is 1. The molecule has 0 spiro atoms. The molecule has 9 heteroatoms. The summed E-state index contributed by atoms with van der Waals surface area (Å²) in [7, 11) is 1.63. The molecule has 2 amide bonds. The zero-order valence-electron chi connectivity index (χ0n) is 17.8. The highest BCUT2D eigenvalue weighted by atomic mass is 16.3. The van der Waals surface area contributed by atoms with Gasteiger partial charge in [-0.3, -0.25) is 14.6 Å². The van der Waals surface area contributed by atoms with Crippen LogP contribution in [-0.4, -0.2) is 71.8 Å². The van der Waals surface area contributed by atoms with Crippen LogP contribution in [0.4, 0.5) is 0 Å². The topological polar surface area (TPSA) is 150 Å². The molecule has 0 aliphatic carbocycles. The average molecular weight is 429 g/mol. The molecule has 0 bridgehead atoms. The second-order valence-corrected chi connectivity index (χ2v) is 7.25. The van der Waals surface area contributed by atoms with E-state index in [0.29, 0.717) is 25.8 Å². The number of aromatic amines is 1. The highest BCUT2D eigenvalue weighted by molar-refractivity contribution is 5.89. The number of hydrogen-bond donors (Lipinski definition) is 5. The van der Waals surface area contributed by atoms with Gasteiger partial charge < -0.3 is 31.8 Å². The molecule has 0 aliphatic heterocycles. The lowest BCUT2D eigenvalue weighted by Gasteiger charge is -2.27. The maximum Gasteiger partial charge on any atom is 0.245 e. The first-order valence-corrected chi connectivity index (χ1v) is 10.3. The minimum absolute atomic E-state index is 0.179. The number of nitrogens with zero attached hydrogens (tertiary/aromatic N) is 2. The van der Waals surface area contributed by atoms with Crippen molar-refractivity contribution in [1.82, 2.24) is 15.2 Å². The number of likely N-dealkylation sites (N-methyl/N-ethyl adjacent to an activating group) is 1. The molecule has 31 heavy (non-hydrogen) atoms. The molecule has 2 rings (SSSR count). The van der Waals surface area contributed by atoms with Crippen molar-refractivity contribution in [3.63, 3.8) is 0 Å². The Morgan fingerprint density at radius 1 is 1.35 bits per heavy atom. The van der Waals surface area contributed by atoms with Crippen molar-refractivity contribution in [3.05, 3.63) is 48.3 Å². The average Bonchev–Trinajstić information content (AvgIpc) is 3.20. The Kier molecular flexibility index (Phi) is 9.73. The third-order valence-corrected chi connectivity index (χ3v) is 5.14. The van der Waals surface area contributed by atoms with E-state index in [1.807, 2.05) is 30.5 Å². The Morgan fingerprint density at radius 2 is 2.13 bits per heavy atom. The fourth-order valence-corrected chi connectivity index (χ4v) is 3.27. The fraction of sp³-hybridized carbons (Fsp3) is 0.409. The van der Waals surface area contributed by atoms with Crippen molar-refractivity contribution in [2.24, 2.45) is 16.5 Å². The number of carbonyl (C=O) groups is 2. The molecule has 2 atom stereocenters. The van der Waals surface area contributed by atoms with Crippen LogP contribution in [0.1, 0.15) is 18.4 Å². The molecule has 0 aliphatic rings. The first-order valence-electron chi connectivity index (χ1n) is 10.3. The summed E-state index contributed by atoms with van der Waals surface area (Å²) >= 11 is 0. The van der Waals surface area contributed by atoms with Crippen molar-refractivity contribution in [1.29, 1.82) is 0 Å². The Labute approximate surface area is 182 Å². The number of allylic oxidation sites excluding steroid dienone is 1. The van der Waals surface area contributed by atoms with Gasteiger partial charge in [0.1, 0.15) is 6.04 Å². The van der Waals surface area contributed by atoms with Gasteiger partial charge in [0.05, 0.1) is 19.2 Å². The SMILES string of the molecule is CN(C(=O)CNC(=O)[C@H](CCCN)N=CC=CN)[C@H](CO)Cc1c[nH]c2ccccc12. The van der Waals surface area contributed by atoms with Crippen molar-refractivity contribution in [3.8, 4) is 0 Å². The largest absolute Gasteiger partial charge is 0.405 e. The van der Waals surface area contributed by atoms with Crippen molar-refractivity contribution in [2.45, 2.75) is 31.3 Å². The van der Waals surface area contributed by atoms with Crippen LogP contribution in [0.5, 0.6) is 0 Å². The molecule has 9 nitrogen and oxygen atoms in total. The third-order valence-electron chi connectivity index (χ3n) is 5.14. The summed E-state index contributed by atoms with van der Waals surface area (Å²) in [5, 5.41) is 13.6. The van der Waals surface area contributed by atoms with Crippen LogP contribution >= 0.6 is 0 Å². The number of aliphatic hydroxyl groups is 1. The first kappa shape index (κ1) is 24.1. The van der Waals surface area contributed by atoms with Crippen LogP contribution in [0.15, 0.2) is 47.7 Å². The maximum absolute atomic E-state index is 12.6. The van der Waals surface area contributed by atoms with E-state index >= 15 is 0 Å². The number of aliphatic hydroxyl groups excluding tert-OH is 1. The van der Waals surface area contributed by atoms with Crippen LogP contribution in [0.2, 0.25) is 0 Å². The van der Waals surface area contributed by atoms with E-state index in [1.54, 1.807) is 7.05 Å². The molecule has 0 saturated carbocycles. The minimum Gasteiger partial charge on any atom is -0.405 e. The van der Waals surface area contributed by atoms with E-state index in [0.717, 1.165) is 16.5 Å². The summed E-state index contributed by atoms with van der Waals surface area (Å²) in [4.78, 5) is 34.0. The lowest BCUT2D eigenvalue weighted by molar-refractivity contribution is -0.134. The van der Waals surface area contributed by atoms with Gasteiger partial charge in [0.25, 0.3) is 0 Å². The van der Waals surface area contributed by atoms with Crippen molar-refractivity contribution < 1.29 is 14.7 Å². The lowest BCUT2D eigenvalue weighted by Crippen LogP contribution is -2.47. The van der Waals surface area contributed by atoms with Crippen LogP contribution < -0.4 is 16.8 Å². The summed E-state index contributed by atoms with van der Waals surface area (Å²) in [6.45, 7) is 0.0747. The van der Waals surface area contributed by atoms with Gasteiger partial charge in [-0.1, -0.05) is 18.2 Å². The second-order valence-electron chi connectivity index (χ2n) is 7.25. The first-order chi connectivity index (χ1) is 15.0. The molecule has 7 N–H and O–H groups in total. The number of amides is 2. The predicted octanol–water partition coefficient (Wildman–Crippen LogP) is 0.297. The van der Waals surface area contributed by atoms with E-state index in [4.69, 9.17) is 11.5 Å². The lowest BCUT2D eigenvalue weighted by atomic mass is 10.0. The number of aliphatic imine (C=N–C) groups is 1. The molecule has 1 heterocycles. The molecule has 2 aromatic rings. The van der Waals surface area contributed by atoms with Gasteiger partial charge >= 0.3 is 0 Å². The van der Waals surface area contributed by atoms with Gasteiger partial charge in [0.15, 0.2) is 0 Å². The standard InChI is InChI=1S/C22H32N6O3/c1-28(17(15-29)12-16-13-26-19-7-3-2-6-18(16)19)21(30)14-27-22(31)20(8-4-9-23)25-11-5-10-24/h2-3,5-7,10-11,13,17,20,26,29H,4,8-9,12,14-15,23-24H2,1H3,(H,27,31)/t17-,20-/m0/s1. The number of rotatable bonds is 12. The monoisotopic (exact) mass is 428 g/mol. The summed E-state index contributed by atoms with van der Waals surface area (Å²) in [6.07, 6.45) is 7.79. The molecule has 0 fully saturated rings. The van der Waals surface area contributed by atoms with Crippen LogP contribution in [-0.2, 0) is 16.0 Å².